The summed E-state index contributed by atoms with van der Waals surface area (Å²) in [6.45, 7) is 2.16. The van der Waals surface area contributed by atoms with Gasteiger partial charge in [0.25, 0.3) is 0 Å². The monoisotopic (exact) mass is 196 g/mol. The Morgan fingerprint density at radius 3 is 2.36 bits per heavy atom. The second kappa shape index (κ2) is 10.1. The number of hydrogen-bond acceptors (Lipinski definition) is 2. The number of hydrogen-bond donors (Lipinski definition) is 0. The topological polar surface area (TPSA) is 26.3 Å². The molecule has 0 aromatic carbocycles. The Morgan fingerprint density at radius 1 is 1.14 bits per heavy atom. The van der Waals surface area contributed by atoms with Crippen molar-refractivity contribution in [3.05, 3.63) is 0 Å². The average molecular weight is 196 g/mol. The molecule has 0 saturated carbocycles. The van der Waals surface area contributed by atoms with Crippen LogP contribution in [-0.4, -0.2) is 13.1 Å². The maximum atomic E-state index is 10.7. The fourth-order valence-corrected chi connectivity index (χ4v) is 1.03. The first-order chi connectivity index (χ1) is 6.81. The number of esters is 1. The van der Waals surface area contributed by atoms with E-state index in [0.29, 0.717) is 6.42 Å². The molecule has 0 heterocycles. The fourth-order valence-electron chi connectivity index (χ4n) is 1.03. The van der Waals surface area contributed by atoms with E-state index < -0.39 is 0 Å². The highest BCUT2D eigenvalue weighted by Crippen LogP contribution is 2.00. The zero-order chi connectivity index (χ0) is 10.6. The lowest BCUT2D eigenvalue weighted by Crippen LogP contribution is -1.98. The Hall–Kier alpha value is -0.970. The van der Waals surface area contributed by atoms with Gasteiger partial charge in [-0.2, -0.15) is 0 Å². The van der Waals surface area contributed by atoms with Crippen molar-refractivity contribution in [3.63, 3.8) is 0 Å². The van der Waals surface area contributed by atoms with Crippen molar-refractivity contribution in [2.24, 2.45) is 0 Å². The van der Waals surface area contributed by atoms with Crippen molar-refractivity contribution in [2.45, 2.75) is 51.9 Å². The molecule has 0 aromatic heterocycles. The molecule has 0 radical (unpaired) electrons. The maximum Gasteiger partial charge on any atom is 0.305 e. The predicted octanol–water partition coefficient (Wildman–Crippen LogP) is 2.91. The number of carbonyl (C=O) groups excluding carboxylic acids is 1. The van der Waals surface area contributed by atoms with Crippen LogP contribution in [0.5, 0.6) is 0 Å². The molecule has 0 rings (SSSR count). The van der Waals surface area contributed by atoms with Gasteiger partial charge in [-0.25, -0.2) is 0 Å². The highest BCUT2D eigenvalue weighted by Gasteiger charge is 1.97. The van der Waals surface area contributed by atoms with Crippen molar-refractivity contribution in [3.8, 4) is 11.8 Å². The van der Waals surface area contributed by atoms with Gasteiger partial charge in [0.05, 0.1) is 7.11 Å². The van der Waals surface area contributed by atoms with Crippen LogP contribution in [0.15, 0.2) is 0 Å². The molecule has 80 valence electrons. The number of methoxy groups -OCH3 is 1. The Balaban J connectivity index is 3.19. The smallest absolute Gasteiger partial charge is 0.305 e. The normalized spacial score (nSPS) is 9.00. The minimum absolute atomic E-state index is 0.121. The van der Waals surface area contributed by atoms with Gasteiger partial charge in [-0.3, -0.25) is 4.79 Å². The first-order valence-corrected chi connectivity index (χ1v) is 5.33. The van der Waals surface area contributed by atoms with E-state index in [1.165, 1.54) is 20.0 Å². The van der Waals surface area contributed by atoms with Gasteiger partial charge in [-0.1, -0.05) is 13.3 Å². The third-order valence-electron chi connectivity index (χ3n) is 1.94. The van der Waals surface area contributed by atoms with Crippen LogP contribution in [0.3, 0.4) is 0 Å². The summed E-state index contributed by atoms with van der Waals surface area (Å²) in [6, 6.07) is 0. The minimum Gasteiger partial charge on any atom is -0.469 e. The van der Waals surface area contributed by atoms with E-state index in [9.17, 15) is 4.79 Å². The molecule has 0 atom stereocenters. The van der Waals surface area contributed by atoms with Gasteiger partial charge in [-0.05, 0) is 19.3 Å². The Morgan fingerprint density at radius 2 is 1.79 bits per heavy atom. The molecule has 0 aliphatic rings. The van der Waals surface area contributed by atoms with Gasteiger partial charge in [0.15, 0.2) is 0 Å². The lowest BCUT2D eigenvalue weighted by atomic mass is 10.2. The lowest BCUT2D eigenvalue weighted by Gasteiger charge is -1.95. The number of unbranched alkanes of at least 4 members (excludes halogenated alkanes) is 4. The number of rotatable bonds is 6. The molecule has 0 saturated heterocycles. The first-order valence-electron chi connectivity index (χ1n) is 5.33. The molecule has 0 unspecified atom stereocenters. The predicted molar refractivity (Wildman–Crippen MR) is 57.8 cm³/mol. The van der Waals surface area contributed by atoms with Crippen LogP contribution in [0.1, 0.15) is 51.9 Å². The summed E-state index contributed by atoms with van der Waals surface area (Å²) in [5, 5.41) is 0. The molecule has 0 amide bonds. The molecule has 2 heteroatoms. The summed E-state index contributed by atoms with van der Waals surface area (Å²) in [6.07, 6.45) is 6.71. The Kier molecular flexibility index (Phi) is 9.41. The van der Waals surface area contributed by atoms with E-state index in [2.05, 4.69) is 23.5 Å². The van der Waals surface area contributed by atoms with Crippen LogP contribution in [0.25, 0.3) is 0 Å². The molecule has 0 spiro atoms. The van der Waals surface area contributed by atoms with Crippen LogP contribution >= 0.6 is 0 Å². The van der Waals surface area contributed by atoms with Gasteiger partial charge < -0.3 is 4.74 Å². The van der Waals surface area contributed by atoms with Crippen molar-refractivity contribution in [2.75, 3.05) is 7.11 Å². The fraction of sp³-hybridized carbons (Fsp3) is 0.750. The molecular weight excluding hydrogens is 176 g/mol. The zero-order valence-electron chi connectivity index (χ0n) is 9.27. The van der Waals surface area contributed by atoms with Crippen molar-refractivity contribution in [1.82, 2.24) is 0 Å². The van der Waals surface area contributed by atoms with Crippen molar-refractivity contribution >= 4 is 5.97 Å². The number of carbonyl (C=O) groups is 1. The van der Waals surface area contributed by atoms with Crippen molar-refractivity contribution < 1.29 is 9.53 Å². The third-order valence-corrected chi connectivity index (χ3v) is 1.94. The van der Waals surface area contributed by atoms with Crippen LogP contribution in [0, 0.1) is 11.8 Å². The van der Waals surface area contributed by atoms with Gasteiger partial charge in [0.1, 0.15) is 0 Å². The molecular formula is C12H20O2. The van der Waals surface area contributed by atoms with Gasteiger partial charge in [-0.15, -0.1) is 11.8 Å². The largest absolute Gasteiger partial charge is 0.469 e. The first kappa shape index (κ1) is 13.0. The summed E-state index contributed by atoms with van der Waals surface area (Å²) in [5.74, 6) is 6.11. The van der Waals surface area contributed by atoms with E-state index in [4.69, 9.17) is 0 Å². The quantitative estimate of drug-likeness (QED) is 0.371. The molecule has 0 aliphatic carbocycles. The molecule has 0 aromatic rings. The average Bonchev–Trinajstić information content (AvgIpc) is 2.21. The summed E-state index contributed by atoms with van der Waals surface area (Å²) >= 11 is 0. The Labute approximate surface area is 87.0 Å². The van der Waals surface area contributed by atoms with Gasteiger partial charge in [0.2, 0.25) is 0 Å². The second-order valence-corrected chi connectivity index (χ2v) is 3.24. The molecule has 0 fully saturated rings. The van der Waals surface area contributed by atoms with Crippen LogP contribution in [0.2, 0.25) is 0 Å². The highest BCUT2D eigenvalue weighted by atomic mass is 16.5. The summed E-state index contributed by atoms with van der Waals surface area (Å²) in [7, 11) is 1.42. The van der Waals surface area contributed by atoms with E-state index in [-0.39, 0.29) is 5.97 Å². The van der Waals surface area contributed by atoms with Crippen molar-refractivity contribution in [1.29, 1.82) is 0 Å². The molecule has 0 N–H and O–H groups in total. The zero-order valence-corrected chi connectivity index (χ0v) is 9.27. The van der Waals surface area contributed by atoms with Crippen LogP contribution < -0.4 is 0 Å². The van der Waals surface area contributed by atoms with E-state index in [0.717, 1.165) is 25.7 Å². The third kappa shape index (κ3) is 9.12. The Bertz CT molecular complexity index is 198. The summed E-state index contributed by atoms with van der Waals surface area (Å²) in [5.41, 5.74) is 0. The second-order valence-electron chi connectivity index (χ2n) is 3.24. The van der Waals surface area contributed by atoms with Gasteiger partial charge in [0, 0.05) is 19.3 Å². The summed E-state index contributed by atoms with van der Waals surface area (Å²) in [4.78, 5) is 10.7. The summed E-state index contributed by atoms with van der Waals surface area (Å²) < 4.78 is 4.53. The molecule has 2 nitrogen and oxygen atoms in total. The van der Waals surface area contributed by atoms with Crippen LogP contribution in [-0.2, 0) is 9.53 Å². The SMILES string of the molecule is CCCCC#CCCCCC(=O)OC. The molecule has 0 aliphatic heterocycles. The van der Waals surface area contributed by atoms with Gasteiger partial charge >= 0.3 is 5.97 Å². The number of ether oxygens (including phenoxy) is 1. The molecule has 0 bridgehead atoms. The van der Waals surface area contributed by atoms with Crippen LogP contribution in [0.4, 0.5) is 0 Å². The van der Waals surface area contributed by atoms with E-state index in [1.807, 2.05) is 0 Å². The molecule has 14 heavy (non-hydrogen) atoms. The minimum atomic E-state index is -0.121. The standard InChI is InChI=1S/C12H20O2/c1-3-4-5-6-7-8-9-10-11-12(13)14-2/h3-5,8-11H2,1-2H3. The lowest BCUT2D eigenvalue weighted by molar-refractivity contribution is -0.140. The van der Waals surface area contributed by atoms with E-state index in [1.54, 1.807) is 0 Å². The highest BCUT2D eigenvalue weighted by molar-refractivity contribution is 5.68. The van der Waals surface area contributed by atoms with E-state index >= 15 is 0 Å². The maximum absolute atomic E-state index is 10.7.